The Morgan fingerprint density at radius 1 is 0.651 bits per heavy atom. The van der Waals surface area contributed by atoms with Gasteiger partial charge in [0.15, 0.2) is 0 Å². The minimum absolute atomic E-state index is 0.183. The van der Waals surface area contributed by atoms with Crippen LogP contribution in [-0.4, -0.2) is 69.4 Å². The van der Waals surface area contributed by atoms with Crippen molar-refractivity contribution in [3.63, 3.8) is 0 Å². The molecule has 4 aromatic rings. The first kappa shape index (κ1) is 52.0. The van der Waals surface area contributed by atoms with Gasteiger partial charge in [0, 0.05) is 61.2 Å². The van der Waals surface area contributed by atoms with E-state index in [0.717, 1.165) is 43.7 Å². The number of ether oxygens (including phenoxy) is 4. The third-order valence-electron chi connectivity index (χ3n) is 8.75. The summed E-state index contributed by atoms with van der Waals surface area (Å²) in [6.07, 6.45) is 3.21. The number of nitriles is 2. The van der Waals surface area contributed by atoms with Gasteiger partial charge in [0.05, 0.1) is 28.2 Å². The second-order valence-corrected chi connectivity index (χ2v) is 21.3. The van der Waals surface area contributed by atoms with Crippen LogP contribution >= 0.6 is 86.7 Å². The van der Waals surface area contributed by atoms with Crippen molar-refractivity contribution < 1.29 is 28.5 Å². The summed E-state index contributed by atoms with van der Waals surface area (Å²) in [7, 11) is 0. The average molecular weight is 1040 g/mol. The Morgan fingerprint density at radius 2 is 1.05 bits per heavy atom. The second-order valence-electron chi connectivity index (χ2n) is 16.4. The fourth-order valence-electron chi connectivity index (χ4n) is 5.88. The third-order valence-corrected chi connectivity index (χ3v) is 12.3. The molecule has 6 rings (SSSR count). The normalized spacial score (nSPS) is 14.4. The summed E-state index contributed by atoms with van der Waals surface area (Å²) in [4.78, 5) is 29.4. The van der Waals surface area contributed by atoms with Crippen LogP contribution in [0.15, 0.2) is 82.6 Å². The number of carbonyl (C=O) groups excluding carboxylic acids is 2. The summed E-state index contributed by atoms with van der Waals surface area (Å²) >= 11 is 33.4. The van der Waals surface area contributed by atoms with E-state index in [-0.39, 0.29) is 23.0 Å². The van der Waals surface area contributed by atoms with Crippen molar-refractivity contribution in [2.75, 3.05) is 26.2 Å². The number of piperidine rings is 2. The zero-order valence-electron chi connectivity index (χ0n) is 35.7. The molecule has 0 bridgehead atoms. The predicted octanol–water partition coefficient (Wildman–Crippen LogP) is 14.9. The van der Waals surface area contributed by atoms with E-state index in [9.17, 15) is 14.9 Å². The van der Waals surface area contributed by atoms with E-state index in [1.807, 2.05) is 53.7 Å². The molecule has 336 valence electrons. The predicted molar refractivity (Wildman–Crippen MR) is 259 cm³/mol. The molecule has 0 atom stereocenters. The Balaban J connectivity index is 0.000000230. The highest BCUT2D eigenvalue weighted by Gasteiger charge is 2.28. The number of carbonyl (C=O) groups is 2. The fourth-order valence-corrected chi connectivity index (χ4v) is 8.78. The molecule has 2 fully saturated rings. The molecule has 2 aliphatic rings. The number of halogens is 5. The number of benzene rings is 4. The van der Waals surface area contributed by atoms with Crippen LogP contribution in [0.5, 0.6) is 23.0 Å². The zero-order valence-corrected chi connectivity index (χ0v) is 42.0. The number of thiol groups is 1. The van der Waals surface area contributed by atoms with Crippen LogP contribution in [0.4, 0.5) is 9.59 Å². The number of nitrogens with zero attached hydrogens (tertiary/aromatic N) is 4. The maximum atomic E-state index is 12.3. The molecule has 0 radical (unpaired) electrons. The highest BCUT2D eigenvalue weighted by molar-refractivity contribution is 9.09. The molecule has 2 saturated heterocycles. The van der Waals surface area contributed by atoms with Crippen LogP contribution in [0.2, 0.25) is 20.1 Å². The summed E-state index contributed by atoms with van der Waals surface area (Å²) < 4.78 is 22.4. The van der Waals surface area contributed by atoms with Crippen molar-refractivity contribution in [2.24, 2.45) is 0 Å². The number of amides is 2. The maximum absolute atomic E-state index is 12.3. The highest BCUT2D eigenvalue weighted by Crippen LogP contribution is 2.40. The first-order valence-electron chi connectivity index (χ1n) is 19.9. The Hall–Kier alpha value is -3.66. The summed E-state index contributed by atoms with van der Waals surface area (Å²) in [5.41, 5.74) is 0.194. The summed E-state index contributed by atoms with van der Waals surface area (Å²) in [5.74, 6) is 2.23. The molecule has 0 aromatic heterocycles. The minimum atomic E-state index is -0.504. The minimum Gasteiger partial charge on any atom is -0.456 e. The molecule has 10 nitrogen and oxygen atoms in total. The molecular weight excluding hydrogens is 990 g/mol. The molecule has 4 aromatic carbocycles. The number of rotatable bonds is 6. The van der Waals surface area contributed by atoms with E-state index >= 15 is 0 Å². The molecule has 17 heteroatoms. The summed E-state index contributed by atoms with van der Waals surface area (Å²) in [6.45, 7) is 14.1. The first-order chi connectivity index (χ1) is 29.6. The van der Waals surface area contributed by atoms with Crippen molar-refractivity contribution in [2.45, 2.75) is 98.3 Å². The summed E-state index contributed by atoms with van der Waals surface area (Å²) in [5, 5.41) is 20.3. The molecule has 0 saturated carbocycles. The molecule has 0 aliphatic carbocycles. The van der Waals surface area contributed by atoms with Crippen LogP contribution in [0.1, 0.15) is 78.4 Å². The zero-order chi connectivity index (χ0) is 46.5. The van der Waals surface area contributed by atoms with Crippen LogP contribution in [0, 0.1) is 22.7 Å². The van der Waals surface area contributed by atoms with E-state index in [0.29, 0.717) is 77.0 Å². The quantitative estimate of drug-likeness (QED) is 0.148. The van der Waals surface area contributed by atoms with Crippen molar-refractivity contribution in [1.29, 1.82) is 10.5 Å². The number of likely N-dealkylation sites (tertiary alicyclic amines) is 2. The van der Waals surface area contributed by atoms with Gasteiger partial charge in [-0.2, -0.15) is 10.5 Å². The van der Waals surface area contributed by atoms with Crippen molar-refractivity contribution in [3.8, 4) is 35.1 Å². The van der Waals surface area contributed by atoms with Crippen molar-refractivity contribution in [3.05, 3.63) is 104 Å². The molecule has 0 N–H and O–H groups in total. The fraction of sp³-hybridized carbons (Fsp3) is 0.391. The van der Waals surface area contributed by atoms with Gasteiger partial charge in [-0.05, 0) is 140 Å². The van der Waals surface area contributed by atoms with Crippen LogP contribution in [-0.2, 0) is 9.47 Å². The topological polar surface area (TPSA) is 125 Å². The maximum Gasteiger partial charge on any atom is 0.410 e. The Morgan fingerprint density at radius 3 is 1.46 bits per heavy atom. The largest absolute Gasteiger partial charge is 0.456 e. The van der Waals surface area contributed by atoms with Crippen molar-refractivity contribution in [1.82, 2.24) is 9.80 Å². The van der Waals surface area contributed by atoms with Crippen LogP contribution < -0.4 is 9.47 Å². The van der Waals surface area contributed by atoms with Crippen molar-refractivity contribution >= 4 is 98.9 Å². The highest BCUT2D eigenvalue weighted by atomic mass is 79.9. The summed E-state index contributed by atoms with van der Waals surface area (Å²) in [6, 6.07) is 24.4. The smallest absolute Gasteiger partial charge is 0.410 e. The van der Waals surface area contributed by atoms with Gasteiger partial charge < -0.3 is 28.7 Å². The molecule has 0 spiro atoms. The van der Waals surface area contributed by atoms with E-state index in [4.69, 9.17) is 70.6 Å². The van der Waals surface area contributed by atoms with Gasteiger partial charge in [-0.3, -0.25) is 0 Å². The van der Waals surface area contributed by atoms with Gasteiger partial charge in [-0.15, -0.1) is 24.4 Å². The molecule has 2 heterocycles. The molecule has 2 amide bonds. The lowest BCUT2D eigenvalue weighted by Crippen LogP contribution is -2.42. The molecule has 2 aliphatic heterocycles. The number of hydrogen-bond donors (Lipinski definition) is 1. The second kappa shape index (κ2) is 24.0. The van der Waals surface area contributed by atoms with E-state index in [1.54, 1.807) is 88.3 Å². The van der Waals surface area contributed by atoms with E-state index < -0.39 is 5.60 Å². The average Bonchev–Trinajstić information content (AvgIpc) is 3.18. The van der Waals surface area contributed by atoms with Gasteiger partial charge in [0.2, 0.25) is 0 Å². The van der Waals surface area contributed by atoms with Crippen LogP contribution in [0.25, 0.3) is 0 Å². The lowest BCUT2D eigenvalue weighted by Gasteiger charge is -2.33. The number of thioether (sulfide) groups is 1. The lowest BCUT2D eigenvalue weighted by molar-refractivity contribution is 0.0209. The number of hydrogen-bond acceptors (Lipinski definition) is 10. The van der Waals surface area contributed by atoms with E-state index in [2.05, 4.69) is 34.6 Å². The standard InChI is InChI=1S/C23H24Cl2N2O3S.C13H7Cl2NOS.C10H18BrNO2/c1-23(2,3)30-22(28)27-8-6-19(7-9-27)31-21-10-15(14-26)4-5-20(21)29-18-12-16(24)11-17(25)13-18;14-9-4-10(15)6-11(5-9)17-12-2-1-8(7-16)3-13(12)18;1-10(2,3)14-9(13)12-6-4-8(11)5-7-12/h4-5,10-13,19H,6-9H2,1-3H3;1-6,18H;8H,4-7H2,1-3H3. The Kier molecular flexibility index (Phi) is 19.8. The Bertz CT molecular complexity index is 2260. The molecular formula is C46H49BrCl4N4O6S2. The molecule has 63 heavy (non-hydrogen) atoms. The van der Waals surface area contributed by atoms with Gasteiger partial charge >= 0.3 is 12.2 Å². The monoisotopic (exact) mass is 1040 g/mol. The third kappa shape index (κ3) is 18.4. The van der Waals surface area contributed by atoms with Gasteiger partial charge in [0.25, 0.3) is 0 Å². The van der Waals surface area contributed by atoms with Gasteiger partial charge in [-0.1, -0.05) is 62.3 Å². The van der Waals surface area contributed by atoms with Gasteiger partial charge in [-0.25, -0.2) is 9.59 Å². The lowest BCUT2D eigenvalue weighted by atomic mass is 10.1. The Labute approximate surface area is 408 Å². The van der Waals surface area contributed by atoms with Gasteiger partial charge in [0.1, 0.15) is 34.2 Å². The number of alkyl halides is 1. The molecule has 0 unspecified atom stereocenters. The first-order valence-corrected chi connectivity index (χ1v) is 23.7. The SMILES string of the molecule is CC(C)(C)OC(=O)N1CCC(Br)CC1.CC(C)(C)OC(=O)N1CCC(Sc2cc(C#N)ccc2Oc2cc(Cl)cc(Cl)c2)CC1.N#Cc1ccc(Oc2cc(Cl)cc(Cl)c2)c(S)c1. The van der Waals surface area contributed by atoms with E-state index in [1.165, 1.54) is 0 Å². The van der Waals surface area contributed by atoms with Crippen LogP contribution in [0.3, 0.4) is 0 Å².